The average molecular weight is 350 g/mol. The Morgan fingerprint density at radius 1 is 1.04 bits per heavy atom. The van der Waals surface area contributed by atoms with E-state index in [0.717, 1.165) is 24.5 Å². The highest BCUT2D eigenvalue weighted by Gasteiger charge is 2.35. The third kappa shape index (κ3) is 3.49. The van der Waals surface area contributed by atoms with Crippen LogP contribution in [0, 0.1) is 5.82 Å². The number of rotatable bonds is 3. The molecule has 0 saturated carbocycles. The maximum absolute atomic E-state index is 13.9. The van der Waals surface area contributed by atoms with Crippen LogP contribution >= 0.6 is 0 Å². The number of carbonyl (C=O) groups is 1. The number of carbonyl (C=O) groups excluding carboxylic acids is 1. The van der Waals surface area contributed by atoms with Gasteiger partial charge in [0.15, 0.2) is 0 Å². The summed E-state index contributed by atoms with van der Waals surface area (Å²) < 4.78 is 53.7. The zero-order valence-corrected chi connectivity index (χ0v) is 12.5. The normalized spacial score (nSPS) is 11.4. The molecule has 0 unspecified atom stereocenters. The van der Waals surface area contributed by atoms with Crippen LogP contribution in [0.3, 0.4) is 0 Å². The zero-order valence-electron chi connectivity index (χ0n) is 12.5. The summed E-state index contributed by atoms with van der Waals surface area (Å²) in [6.07, 6.45) is -3.87. The van der Waals surface area contributed by atoms with Crippen molar-refractivity contribution in [3.05, 3.63) is 71.8 Å². The van der Waals surface area contributed by atoms with Gasteiger partial charge in [0.2, 0.25) is 5.95 Å². The molecule has 0 aliphatic heterocycles. The fraction of sp³-hybridized carbons (Fsp3) is 0.0625. The molecule has 0 radical (unpaired) electrons. The molecule has 0 atom stereocenters. The van der Waals surface area contributed by atoms with Crippen molar-refractivity contribution >= 4 is 11.9 Å². The lowest BCUT2D eigenvalue weighted by Gasteiger charge is -2.12. The molecule has 1 aromatic heterocycles. The zero-order chi connectivity index (χ0) is 18.0. The van der Waals surface area contributed by atoms with E-state index in [2.05, 4.69) is 15.4 Å². The molecule has 1 heterocycles. The third-order valence-electron chi connectivity index (χ3n) is 3.27. The number of nitrogens with zero attached hydrogens (tertiary/aromatic N) is 3. The minimum absolute atomic E-state index is 0.245. The molecule has 5 nitrogen and oxygen atoms in total. The molecule has 0 aliphatic carbocycles. The first-order chi connectivity index (χ1) is 11.9. The van der Waals surface area contributed by atoms with Crippen molar-refractivity contribution in [2.45, 2.75) is 6.18 Å². The van der Waals surface area contributed by atoms with Crippen LogP contribution in [0.1, 0.15) is 15.9 Å². The van der Waals surface area contributed by atoms with Crippen LogP contribution in [0.25, 0.3) is 5.69 Å². The second-order valence-corrected chi connectivity index (χ2v) is 4.97. The number of halogens is 4. The van der Waals surface area contributed by atoms with Gasteiger partial charge in [0.05, 0.1) is 5.56 Å². The lowest BCUT2D eigenvalue weighted by Crippen LogP contribution is -2.15. The van der Waals surface area contributed by atoms with E-state index >= 15 is 0 Å². The molecule has 25 heavy (non-hydrogen) atoms. The van der Waals surface area contributed by atoms with Gasteiger partial charge in [-0.3, -0.25) is 10.1 Å². The van der Waals surface area contributed by atoms with E-state index in [1.165, 1.54) is 0 Å². The Hall–Kier alpha value is -3.23. The highest BCUT2D eigenvalue weighted by molar-refractivity contribution is 6.03. The van der Waals surface area contributed by atoms with Crippen LogP contribution in [0.4, 0.5) is 23.5 Å². The second-order valence-electron chi connectivity index (χ2n) is 4.97. The fourth-order valence-corrected chi connectivity index (χ4v) is 2.17. The van der Waals surface area contributed by atoms with E-state index in [1.54, 1.807) is 30.3 Å². The van der Waals surface area contributed by atoms with Gasteiger partial charge in [-0.2, -0.15) is 18.2 Å². The third-order valence-corrected chi connectivity index (χ3v) is 3.27. The monoisotopic (exact) mass is 350 g/mol. The Bertz CT molecular complexity index is 906. The van der Waals surface area contributed by atoms with Gasteiger partial charge in [0.1, 0.15) is 17.8 Å². The lowest BCUT2D eigenvalue weighted by atomic mass is 10.1. The van der Waals surface area contributed by atoms with Crippen LogP contribution < -0.4 is 5.32 Å². The standard InChI is InChI=1S/C16H10F4N4O/c17-12-8-4-7-11(16(18,19)20)13(12)24-9-21-15(23-24)22-14(25)10-5-2-1-3-6-10/h1-9H,(H,22,23,25). The molecule has 9 heteroatoms. The molecule has 3 aromatic rings. The number of hydrogen-bond donors (Lipinski definition) is 1. The van der Waals surface area contributed by atoms with Crippen molar-refractivity contribution in [3.63, 3.8) is 0 Å². The maximum Gasteiger partial charge on any atom is 0.418 e. The minimum Gasteiger partial charge on any atom is -0.289 e. The van der Waals surface area contributed by atoms with Crippen molar-refractivity contribution in [1.82, 2.24) is 14.8 Å². The van der Waals surface area contributed by atoms with E-state index in [1.807, 2.05) is 0 Å². The molecule has 1 amide bonds. The van der Waals surface area contributed by atoms with Crippen molar-refractivity contribution < 1.29 is 22.4 Å². The molecule has 0 spiro atoms. The Morgan fingerprint density at radius 3 is 2.44 bits per heavy atom. The summed E-state index contributed by atoms with van der Waals surface area (Å²) in [5.41, 5.74) is -1.67. The number of benzene rings is 2. The molecule has 3 rings (SSSR count). The van der Waals surface area contributed by atoms with Crippen molar-refractivity contribution in [2.24, 2.45) is 0 Å². The molecule has 0 fully saturated rings. The number of anilines is 1. The fourth-order valence-electron chi connectivity index (χ4n) is 2.17. The number of nitrogens with one attached hydrogen (secondary N) is 1. The first-order valence-corrected chi connectivity index (χ1v) is 7.00. The van der Waals surface area contributed by atoms with Crippen LogP contribution in [-0.4, -0.2) is 20.7 Å². The van der Waals surface area contributed by atoms with Gasteiger partial charge >= 0.3 is 6.18 Å². The molecular weight excluding hydrogens is 340 g/mol. The predicted octanol–water partition coefficient (Wildman–Crippen LogP) is 3.68. The summed E-state index contributed by atoms with van der Waals surface area (Å²) in [6.45, 7) is 0. The van der Waals surface area contributed by atoms with Gasteiger partial charge in [0, 0.05) is 5.56 Å². The number of amides is 1. The van der Waals surface area contributed by atoms with Crippen LogP contribution in [0.2, 0.25) is 0 Å². The highest BCUT2D eigenvalue weighted by Crippen LogP contribution is 2.34. The molecule has 0 saturated heterocycles. The maximum atomic E-state index is 13.9. The van der Waals surface area contributed by atoms with Gasteiger partial charge in [-0.25, -0.2) is 9.07 Å². The van der Waals surface area contributed by atoms with E-state index in [9.17, 15) is 22.4 Å². The van der Waals surface area contributed by atoms with Crippen molar-refractivity contribution in [3.8, 4) is 5.69 Å². The largest absolute Gasteiger partial charge is 0.418 e. The summed E-state index contributed by atoms with van der Waals surface area (Å²) in [5.74, 6) is -1.89. The Morgan fingerprint density at radius 2 is 1.76 bits per heavy atom. The van der Waals surface area contributed by atoms with E-state index in [4.69, 9.17) is 0 Å². The Labute approximate surface area is 138 Å². The Balaban J connectivity index is 1.92. The van der Waals surface area contributed by atoms with Gasteiger partial charge in [0.25, 0.3) is 5.91 Å². The van der Waals surface area contributed by atoms with Crippen LogP contribution in [-0.2, 0) is 6.18 Å². The number of alkyl halides is 3. The van der Waals surface area contributed by atoms with E-state index in [-0.39, 0.29) is 5.95 Å². The minimum atomic E-state index is -4.77. The first-order valence-electron chi connectivity index (χ1n) is 7.00. The van der Waals surface area contributed by atoms with Crippen LogP contribution in [0.15, 0.2) is 54.9 Å². The van der Waals surface area contributed by atoms with E-state index in [0.29, 0.717) is 10.2 Å². The Kier molecular flexibility index (Phi) is 4.22. The predicted molar refractivity (Wildman–Crippen MR) is 80.7 cm³/mol. The molecule has 1 N–H and O–H groups in total. The van der Waals surface area contributed by atoms with Crippen molar-refractivity contribution in [1.29, 1.82) is 0 Å². The number of hydrogen-bond acceptors (Lipinski definition) is 3. The second kappa shape index (κ2) is 6.34. The number of aromatic nitrogens is 3. The summed E-state index contributed by atoms with van der Waals surface area (Å²) in [7, 11) is 0. The lowest BCUT2D eigenvalue weighted by molar-refractivity contribution is -0.137. The summed E-state index contributed by atoms with van der Waals surface area (Å²) >= 11 is 0. The highest BCUT2D eigenvalue weighted by atomic mass is 19.4. The van der Waals surface area contributed by atoms with E-state index < -0.39 is 29.2 Å². The van der Waals surface area contributed by atoms with Crippen LogP contribution in [0.5, 0.6) is 0 Å². The summed E-state index contributed by atoms with van der Waals surface area (Å²) in [4.78, 5) is 15.7. The quantitative estimate of drug-likeness (QED) is 0.733. The number of para-hydroxylation sites is 1. The van der Waals surface area contributed by atoms with Gasteiger partial charge in [-0.1, -0.05) is 24.3 Å². The van der Waals surface area contributed by atoms with Crippen molar-refractivity contribution in [2.75, 3.05) is 5.32 Å². The summed E-state index contributed by atoms with van der Waals surface area (Å²) in [5, 5.41) is 6.05. The molecular formula is C16H10F4N4O. The molecule has 2 aromatic carbocycles. The summed E-state index contributed by atoms with van der Waals surface area (Å²) in [6, 6.07) is 10.7. The molecule has 128 valence electrons. The molecule has 0 aliphatic rings. The van der Waals surface area contributed by atoms with Gasteiger partial charge in [-0.05, 0) is 24.3 Å². The van der Waals surface area contributed by atoms with Gasteiger partial charge in [-0.15, -0.1) is 5.10 Å². The smallest absolute Gasteiger partial charge is 0.289 e. The average Bonchev–Trinajstić information content (AvgIpc) is 3.02. The molecule has 0 bridgehead atoms. The van der Waals surface area contributed by atoms with Gasteiger partial charge < -0.3 is 0 Å². The first kappa shape index (κ1) is 16.6. The SMILES string of the molecule is O=C(Nc1ncn(-c2c(F)cccc2C(F)(F)F)n1)c1ccccc1. The topological polar surface area (TPSA) is 59.8 Å².